The molecule has 2 rings (SSSR count). The smallest absolute Gasteiger partial charge is 0.244 e. The minimum Gasteiger partial charge on any atom is -0.333 e. The third-order valence-corrected chi connectivity index (χ3v) is 3.97. The molecule has 1 saturated heterocycles. The number of aryl methyl sites for hydroxylation is 1. The van der Waals surface area contributed by atoms with E-state index in [0.717, 1.165) is 37.2 Å². The van der Waals surface area contributed by atoms with Gasteiger partial charge < -0.3 is 15.5 Å². The number of amides is 2. The second-order valence-electron chi connectivity index (χ2n) is 5.81. The number of rotatable bonds is 6. The molecule has 1 aliphatic rings. The number of hydrogen-bond donors (Lipinski definition) is 2. The molecule has 2 amide bonds. The molecule has 0 radical (unpaired) electrons. The van der Waals surface area contributed by atoms with Gasteiger partial charge in [-0.3, -0.25) is 9.59 Å². The van der Waals surface area contributed by atoms with Gasteiger partial charge >= 0.3 is 0 Å². The topological polar surface area (TPSA) is 61.4 Å². The van der Waals surface area contributed by atoms with Crippen molar-refractivity contribution in [3.05, 3.63) is 29.8 Å². The SMILES string of the molecule is CCCN(CC(=O)Nc1ccccc1C)C(=O)C1CCNC1. The van der Waals surface area contributed by atoms with Crippen molar-refractivity contribution in [2.75, 3.05) is 31.5 Å². The quantitative estimate of drug-likeness (QED) is 0.842. The first kappa shape index (κ1) is 16.5. The molecule has 1 heterocycles. The molecule has 1 fully saturated rings. The molecule has 120 valence electrons. The normalized spacial score (nSPS) is 17.3. The van der Waals surface area contributed by atoms with Gasteiger partial charge in [0.15, 0.2) is 0 Å². The average Bonchev–Trinajstić information content (AvgIpc) is 3.03. The highest BCUT2D eigenvalue weighted by Gasteiger charge is 2.27. The van der Waals surface area contributed by atoms with Gasteiger partial charge in [-0.2, -0.15) is 0 Å². The van der Waals surface area contributed by atoms with E-state index in [9.17, 15) is 9.59 Å². The molecule has 22 heavy (non-hydrogen) atoms. The third-order valence-electron chi connectivity index (χ3n) is 3.97. The van der Waals surface area contributed by atoms with Crippen LogP contribution in [0.15, 0.2) is 24.3 Å². The van der Waals surface area contributed by atoms with Gasteiger partial charge in [-0.05, 0) is 37.9 Å². The first-order valence-corrected chi connectivity index (χ1v) is 7.96. The van der Waals surface area contributed by atoms with Gasteiger partial charge in [-0.1, -0.05) is 25.1 Å². The van der Waals surface area contributed by atoms with E-state index < -0.39 is 0 Å². The number of para-hydroxylation sites is 1. The molecule has 2 N–H and O–H groups in total. The third kappa shape index (κ3) is 4.31. The first-order valence-electron chi connectivity index (χ1n) is 7.96. The van der Waals surface area contributed by atoms with Gasteiger partial charge in [-0.15, -0.1) is 0 Å². The van der Waals surface area contributed by atoms with Crippen LogP contribution in [0.2, 0.25) is 0 Å². The van der Waals surface area contributed by atoms with Crippen molar-refractivity contribution in [2.45, 2.75) is 26.7 Å². The molecule has 0 aromatic heterocycles. The number of hydrogen-bond acceptors (Lipinski definition) is 3. The van der Waals surface area contributed by atoms with Gasteiger partial charge in [0.05, 0.1) is 12.5 Å². The lowest BCUT2D eigenvalue weighted by Gasteiger charge is -2.24. The molecule has 5 heteroatoms. The summed E-state index contributed by atoms with van der Waals surface area (Å²) in [5.41, 5.74) is 1.82. The maximum absolute atomic E-state index is 12.5. The van der Waals surface area contributed by atoms with Crippen LogP contribution in [0.3, 0.4) is 0 Å². The minimum atomic E-state index is -0.137. The number of benzene rings is 1. The lowest BCUT2D eigenvalue weighted by Crippen LogP contribution is -2.42. The highest BCUT2D eigenvalue weighted by Crippen LogP contribution is 2.15. The van der Waals surface area contributed by atoms with Crippen molar-refractivity contribution in [1.29, 1.82) is 0 Å². The molecule has 1 unspecified atom stereocenters. The van der Waals surface area contributed by atoms with Crippen LogP contribution in [0.1, 0.15) is 25.3 Å². The predicted molar refractivity (Wildman–Crippen MR) is 87.7 cm³/mol. The zero-order chi connectivity index (χ0) is 15.9. The summed E-state index contributed by atoms with van der Waals surface area (Å²) in [5.74, 6) is -0.0355. The van der Waals surface area contributed by atoms with Gasteiger partial charge in [0.1, 0.15) is 0 Å². The van der Waals surface area contributed by atoms with Crippen molar-refractivity contribution in [2.24, 2.45) is 5.92 Å². The predicted octanol–water partition coefficient (Wildman–Crippen LogP) is 1.78. The van der Waals surface area contributed by atoms with Crippen molar-refractivity contribution in [3.63, 3.8) is 0 Å². The fraction of sp³-hybridized carbons (Fsp3) is 0.529. The molecule has 0 aliphatic carbocycles. The van der Waals surface area contributed by atoms with E-state index in [0.29, 0.717) is 6.54 Å². The molecule has 1 aliphatic heterocycles. The fourth-order valence-electron chi connectivity index (χ4n) is 2.74. The van der Waals surface area contributed by atoms with Crippen LogP contribution in [0.5, 0.6) is 0 Å². The molecule has 0 saturated carbocycles. The van der Waals surface area contributed by atoms with Crippen LogP contribution < -0.4 is 10.6 Å². The summed E-state index contributed by atoms with van der Waals surface area (Å²) in [7, 11) is 0. The number of nitrogens with zero attached hydrogens (tertiary/aromatic N) is 1. The summed E-state index contributed by atoms with van der Waals surface area (Å²) in [6, 6.07) is 7.65. The molecular formula is C17H25N3O2. The number of nitrogens with one attached hydrogen (secondary N) is 2. The van der Waals surface area contributed by atoms with E-state index >= 15 is 0 Å². The largest absolute Gasteiger partial charge is 0.333 e. The van der Waals surface area contributed by atoms with Crippen LogP contribution in [-0.2, 0) is 9.59 Å². The summed E-state index contributed by atoms with van der Waals surface area (Å²) in [4.78, 5) is 26.4. The standard InChI is InChI=1S/C17H25N3O2/c1-3-10-20(17(22)14-8-9-18-11-14)12-16(21)19-15-7-5-4-6-13(15)2/h4-7,14,18H,3,8-12H2,1-2H3,(H,19,21). The Morgan fingerprint density at radius 1 is 1.36 bits per heavy atom. The number of carbonyl (C=O) groups is 2. The summed E-state index contributed by atoms with van der Waals surface area (Å²) >= 11 is 0. The molecular weight excluding hydrogens is 278 g/mol. The van der Waals surface area contributed by atoms with E-state index in [1.165, 1.54) is 0 Å². The number of carbonyl (C=O) groups excluding carboxylic acids is 2. The lowest BCUT2D eigenvalue weighted by atomic mass is 10.1. The summed E-state index contributed by atoms with van der Waals surface area (Å²) < 4.78 is 0. The van der Waals surface area contributed by atoms with E-state index in [-0.39, 0.29) is 24.3 Å². The zero-order valence-corrected chi connectivity index (χ0v) is 13.4. The Morgan fingerprint density at radius 2 is 2.14 bits per heavy atom. The van der Waals surface area contributed by atoms with Crippen LogP contribution in [0.4, 0.5) is 5.69 Å². The second-order valence-corrected chi connectivity index (χ2v) is 5.81. The highest BCUT2D eigenvalue weighted by molar-refractivity contribution is 5.95. The van der Waals surface area contributed by atoms with Crippen LogP contribution in [0.25, 0.3) is 0 Å². The van der Waals surface area contributed by atoms with Crippen LogP contribution in [-0.4, -0.2) is 42.9 Å². The molecule has 0 bridgehead atoms. The molecule has 0 spiro atoms. The summed E-state index contributed by atoms with van der Waals surface area (Å²) in [6.45, 7) is 6.32. The second kappa shape index (κ2) is 7.94. The minimum absolute atomic E-state index is 0.0119. The maximum atomic E-state index is 12.5. The Labute approximate surface area is 132 Å². The Hall–Kier alpha value is -1.88. The van der Waals surface area contributed by atoms with Crippen molar-refractivity contribution < 1.29 is 9.59 Å². The molecule has 1 atom stereocenters. The van der Waals surface area contributed by atoms with Gasteiger partial charge in [0.2, 0.25) is 11.8 Å². The highest BCUT2D eigenvalue weighted by atomic mass is 16.2. The van der Waals surface area contributed by atoms with E-state index in [2.05, 4.69) is 10.6 Å². The van der Waals surface area contributed by atoms with Gasteiger partial charge in [-0.25, -0.2) is 0 Å². The molecule has 5 nitrogen and oxygen atoms in total. The van der Waals surface area contributed by atoms with Gasteiger partial charge in [0, 0.05) is 18.8 Å². The van der Waals surface area contributed by atoms with E-state index in [1.54, 1.807) is 4.90 Å². The Morgan fingerprint density at radius 3 is 2.77 bits per heavy atom. The summed E-state index contributed by atoms with van der Waals surface area (Å²) in [5, 5.41) is 6.10. The van der Waals surface area contributed by atoms with Crippen LogP contribution >= 0.6 is 0 Å². The average molecular weight is 303 g/mol. The Balaban J connectivity index is 1.96. The first-order chi connectivity index (χ1) is 10.6. The lowest BCUT2D eigenvalue weighted by molar-refractivity contribution is -0.137. The summed E-state index contributed by atoms with van der Waals surface area (Å²) in [6.07, 6.45) is 1.71. The maximum Gasteiger partial charge on any atom is 0.244 e. The monoisotopic (exact) mass is 303 g/mol. The zero-order valence-electron chi connectivity index (χ0n) is 13.4. The van der Waals surface area contributed by atoms with Crippen molar-refractivity contribution >= 4 is 17.5 Å². The number of anilines is 1. The molecule has 1 aromatic carbocycles. The molecule has 1 aromatic rings. The Bertz CT molecular complexity index is 524. The van der Waals surface area contributed by atoms with Crippen molar-refractivity contribution in [3.8, 4) is 0 Å². The Kier molecular flexibility index (Phi) is 5.95. The van der Waals surface area contributed by atoms with Gasteiger partial charge in [0.25, 0.3) is 0 Å². The van der Waals surface area contributed by atoms with Crippen molar-refractivity contribution in [1.82, 2.24) is 10.2 Å². The van der Waals surface area contributed by atoms with E-state index in [4.69, 9.17) is 0 Å². The fourth-order valence-corrected chi connectivity index (χ4v) is 2.74. The van der Waals surface area contributed by atoms with E-state index in [1.807, 2.05) is 38.1 Å². The van der Waals surface area contributed by atoms with Crippen LogP contribution in [0, 0.1) is 12.8 Å².